The Kier molecular flexibility index (Phi) is 7.23. The molecule has 1 atom stereocenters. The number of halogens is 1. The zero-order valence-corrected chi connectivity index (χ0v) is 23.0. The van der Waals surface area contributed by atoms with Crippen molar-refractivity contribution in [1.29, 1.82) is 0 Å². The van der Waals surface area contributed by atoms with E-state index in [2.05, 4.69) is 20.4 Å². The Labute approximate surface area is 241 Å². The molecule has 1 fully saturated rings. The van der Waals surface area contributed by atoms with Crippen molar-refractivity contribution in [2.45, 2.75) is 44.3 Å². The van der Waals surface area contributed by atoms with Crippen LogP contribution in [0.3, 0.4) is 0 Å². The largest absolute Gasteiger partial charge is 0.497 e. The van der Waals surface area contributed by atoms with E-state index >= 15 is 0 Å². The summed E-state index contributed by atoms with van der Waals surface area (Å²) in [6.45, 7) is 0.108. The Balaban J connectivity index is 1.28. The first-order valence-electron chi connectivity index (χ1n) is 13.3. The van der Waals surface area contributed by atoms with Gasteiger partial charge in [-0.25, -0.2) is 4.98 Å². The van der Waals surface area contributed by atoms with Crippen molar-refractivity contribution in [3.05, 3.63) is 100 Å². The third-order valence-electron chi connectivity index (χ3n) is 7.27. The number of nitrogens with zero attached hydrogens (tertiary/aromatic N) is 5. The maximum Gasteiger partial charge on any atom is 0.275 e. The summed E-state index contributed by atoms with van der Waals surface area (Å²) in [5, 5.41) is 7.51. The number of carbonyl (C=O) groups excluding carboxylic acids is 3. The van der Waals surface area contributed by atoms with Gasteiger partial charge in [0.1, 0.15) is 11.6 Å². The number of aromatic nitrogens is 4. The van der Waals surface area contributed by atoms with E-state index in [-0.39, 0.29) is 47.7 Å². The Bertz CT molecular complexity index is 1640. The molecule has 0 spiro atoms. The summed E-state index contributed by atoms with van der Waals surface area (Å²) >= 11 is 6.55. The number of anilines is 1. The predicted octanol–water partition coefficient (Wildman–Crippen LogP) is 4.30. The number of nitrogens with one attached hydrogen (secondary N) is 1. The summed E-state index contributed by atoms with van der Waals surface area (Å²) in [4.78, 5) is 50.5. The highest BCUT2D eigenvalue weighted by molar-refractivity contribution is 6.34. The van der Waals surface area contributed by atoms with Crippen molar-refractivity contribution in [3.8, 4) is 5.75 Å². The van der Waals surface area contributed by atoms with Gasteiger partial charge in [0.15, 0.2) is 11.5 Å². The first kappa shape index (κ1) is 26.6. The maximum atomic E-state index is 13.9. The van der Waals surface area contributed by atoms with Crippen LogP contribution in [0.2, 0.25) is 5.02 Å². The lowest BCUT2D eigenvalue weighted by atomic mass is 10.0. The molecule has 1 aromatic carbocycles. The number of amides is 2. The molecule has 0 radical (unpaired) electrons. The van der Waals surface area contributed by atoms with Crippen LogP contribution in [-0.4, -0.2) is 55.4 Å². The van der Waals surface area contributed by atoms with Gasteiger partial charge >= 0.3 is 0 Å². The van der Waals surface area contributed by atoms with Gasteiger partial charge in [-0.1, -0.05) is 23.7 Å². The Morgan fingerprint density at radius 1 is 1.10 bits per heavy atom. The van der Waals surface area contributed by atoms with Gasteiger partial charge in [-0.15, -0.1) is 0 Å². The maximum absolute atomic E-state index is 13.9. The molecule has 10 nitrogen and oxygen atoms in total. The highest BCUT2D eigenvalue weighted by Crippen LogP contribution is 2.36. The second kappa shape index (κ2) is 11.1. The number of fused-ring (bicyclic) bond motifs is 1. The molecule has 4 heterocycles. The fraction of sp³-hybridized carbons (Fsp3) is 0.267. The molecule has 41 heavy (non-hydrogen) atoms. The second-order valence-electron chi connectivity index (χ2n) is 10.2. The van der Waals surface area contributed by atoms with Crippen LogP contribution in [-0.2, 0) is 24.2 Å². The average Bonchev–Trinajstić information content (AvgIpc) is 3.75. The number of benzene rings is 1. The van der Waals surface area contributed by atoms with Gasteiger partial charge < -0.3 is 15.0 Å². The van der Waals surface area contributed by atoms with Crippen LogP contribution in [0.15, 0.2) is 67.1 Å². The van der Waals surface area contributed by atoms with Crippen LogP contribution >= 0.6 is 11.6 Å². The Morgan fingerprint density at radius 2 is 1.95 bits per heavy atom. The van der Waals surface area contributed by atoms with Crippen molar-refractivity contribution < 1.29 is 19.1 Å². The van der Waals surface area contributed by atoms with Crippen LogP contribution in [0.4, 0.5) is 5.82 Å². The fourth-order valence-corrected chi connectivity index (χ4v) is 5.26. The minimum absolute atomic E-state index is 0.0778. The molecule has 6 rings (SSSR count). The molecule has 2 aliphatic rings. The predicted molar refractivity (Wildman–Crippen MR) is 151 cm³/mol. The van der Waals surface area contributed by atoms with Crippen molar-refractivity contribution >= 4 is 35.0 Å². The average molecular weight is 571 g/mol. The summed E-state index contributed by atoms with van der Waals surface area (Å²) in [6.07, 6.45) is 7.47. The number of carbonyl (C=O) groups is 3. The molecule has 1 aliphatic carbocycles. The van der Waals surface area contributed by atoms with Gasteiger partial charge in [0.25, 0.3) is 11.8 Å². The summed E-state index contributed by atoms with van der Waals surface area (Å²) in [6, 6.07) is 13.3. The van der Waals surface area contributed by atoms with Crippen LogP contribution in [0.5, 0.6) is 5.75 Å². The molecule has 3 aromatic heterocycles. The lowest BCUT2D eigenvalue weighted by Crippen LogP contribution is -2.45. The zero-order chi connectivity index (χ0) is 28.5. The lowest BCUT2D eigenvalue weighted by molar-refractivity contribution is -0.122. The Hall–Kier alpha value is -4.57. The summed E-state index contributed by atoms with van der Waals surface area (Å²) in [5.41, 5.74) is 2.58. The van der Waals surface area contributed by atoms with Crippen LogP contribution < -0.4 is 10.1 Å². The molecule has 11 heteroatoms. The third-order valence-corrected chi connectivity index (χ3v) is 7.59. The minimum atomic E-state index is -0.734. The van der Waals surface area contributed by atoms with Crippen molar-refractivity contribution in [2.24, 2.45) is 0 Å². The summed E-state index contributed by atoms with van der Waals surface area (Å²) < 4.78 is 6.99. The number of hydrogen-bond donors (Lipinski definition) is 1. The highest BCUT2D eigenvalue weighted by Gasteiger charge is 2.39. The van der Waals surface area contributed by atoms with Gasteiger partial charge in [-0.2, -0.15) is 5.10 Å². The first-order chi connectivity index (χ1) is 19.9. The second-order valence-corrected chi connectivity index (χ2v) is 10.6. The lowest BCUT2D eigenvalue weighted by Gasteiger charge is -2.29. The minimum Gasteiger partial charge on any atom is -0.497 e. The van der Waals surface area contributed by atoms with Gasteiger partial charge in [0.2, 0.25) is 0 Å². The van der Waals surface area contributed by atoms with E-state index in [0.29, 0.717) is 34.1 Å². The molecule has 0 bridgehead atoms. The third kappa shape index (κ3) is 5.69. The molecule has 208 valence electrons. The number of methoxy groups -OCH3 is 1. The topological polar surface area (TPSA) is 119 Å². The van der Waals surface area contributed by atoms with E-state index in [4.69, 9.17) is 16.3 Å². The van der Waals surface area contributed by atoms with Gasteiger partial charge in [-0.05, 0) is 48.7 Å². The quantitative estimate of drug-likeness (QED) is 0.335. The fourth-order valence-electron chi connectivity index (χ4n) is 4.97. The standard InChI is InChI=1S/C30H27ClN6O4/c1-41-22-9-11-33-27(15-22)34-29(39)23-8-5-18(12-24(23)31)16-36-25(14-20-4-2-3-10-32-20)26(38)13-19-17-37(21-6-7-21)35-28(19)30(36)40/h2-5,8-12,15,17,21,25H,6-7,13-14,16H2,1H3,(H,33,34,39). The molecular formula is C30H27ClN6O4. The monoisotopic (exact) mass is 570 g/mol. The van der Waals surface area contributed by atoms with E-state index < -0.39 is 11.9 Å². The smallest absolute Gasteiger partial charge is 0.275 e. The number of pyridine rings is 2. The van der Waals surface area contributed by atoms with Gasteiger partial charge in [0, 0.05) is 55.3 Å². The first-order valence-corrected chi connectivity index (χ1v) is 13.7. The molecule has 1 unspecified atom stereocenters. The molecule has 2 amide bonds. The van der Waals surface area contributed by atoms with E-state index in [1.54, 1.807) is 41.4 Å². The number of hydrogen-bond acceptors (Lipinski definition) is 7. The van der Waals surface area contributed by atoms with Crippen molar-refractivity contribution in [2.75, 3.05) is 12.4 Å². The van der Waals surface area contributed by atoms with Crippen LogP contribution in [0.1, 0.15) is 56.6 Å². The Morgan fingerprint density at radius 3 is 2.68 bits per heavy atom. The highest BCUT2D eigenvalue weighted by atomic mass is 35.5. The summed E-state index contributed by atoms with van der Waals surface area (Å²) in [7, 11) is 1.53. The van der Waals surface area contributed by atoms with Crippen LogP contribution in [0.25, 0.3) is 0 Å². The number of ether oxygens (including phenoxy) is 1. The molecule has 1 N–H and O–H groups in total. The zero-order valence-electron chi connectivity index (χ0n) is 22.3. The summed E-state index contributed by atoms with van der Waals surface area (Å²) in [5.74, 6) is 0.0478. The normalized spacial score (nSPS) is 16.7. The molecule has 4 aromatic rings. The molecule has 1 saturated carbocycles. The van der Waals surface area contributed by atoms with Crippen molar-refractivity contribution in [3.63, 3.8) is 0 Å². The van der Waals surface area contributed by atoms with Gasteiger partial charge in [0.05, 0.1) is 29.8 Å². The van der Waals surface area contributed by atoms with E-state index in [1.165, 1.54) is 13.3 Å². The van der Waals surface area contributed by atoms with E-state index in [1.807, 2.05) is 29.1 Å². The van der Waals surface area contributed by atoms with E-state index in [0.717, 1.165) is 12.8 Å². The van der Waals surface area contributed by atoms with Crippen molar-refractivity contribution in [1.82, 2.24) is 24.6 Å². The number of ketones is 1. The van der Waals surface area contributed by atoms with Crippen LogP contribution in [0, 0.1) is 0 Å². The molecule has 0 saturated heterocycles. The number of Topliss-reactive ketones (excluding diaryl/α,β-unsaturated/α-hetero) is 1. The molecular weight excluding hydrogens is 544 g/mol. The van der Waals surface area contributed by atoms with E-state index in [9.17, 15) is 14.4 Å². The number of rotatable bonds is 8. The molecule has 1 aliphatic heterocycles. The van der Waals surface area contributed by atoms with Gasteiger partial charge in [-0.3, -0.25) is 24.0 Å². The SMILES string of the molecule is COc1ccnc(NC(=O)c2ccc(CN3C(=O)c4nn(C5CC5)cc4CC(=O)C3Cc3ccccn3)cc2Cl)c1.